The van der Waals surface area contributed by atoms with Gasteiger partial charge in [0.05, 0.1) is 0 Å². The largest absolute Gasteiger partial charge is 0.325 e. The number of nitrogens with one attached hydrogen (secondary N) is 2. The summed E-state index contributed by atoms with van der Waals surface area (Å²) < 4.78 is 0. The second-order valence-electron chi connectivity index (χ2n) is 6.65. The minimum atomic E-state index is -1.04. The summed E-state index contributed by atoms with van der Waals surface area (Å²) in [5.74, 6) is -0.751. The first kappa shape index (κ1) is 16.3. The molecule has 1 fully saturated rings. The van der Waals surface area contributed by atoms with Crippen molar-refractivity contribution >= 4 is 23.5 Å². The number of aryl methyl sites for hydroxylation is 1. The Morgan fingerprint density at radius 2 is 1.81 bits per heavy atom. The van der Waals surface area contributed by atoms with Crippen LogP contribution in [-0.4, -0.2) is 29.3 Å². The highest BCUT2D eigenvalue weighted by molar-refractivity contribution is 6.10. The summed E-state index contributed by atoms with van der Waals surface area (Å²) in [6, 6.07) is 16.1. The number of nitrogens with zero attached hydrogens (tertiary/aromatic N) is 1. The van der Waals surface area contributed by atoms with Gasteiger partial charge in [-0.05, 0) is 42.5 Å². The molecule has 0 saturated carbocycles. The number of urea groups is 1. The molecule has 0 bridgehead atoms. The Morgan fingerprint density at radius 1 is 1.08 bits per heavy atom. The van der Waals surface area contributed by atoms with Gasteiger partial charge in [0.25, 0.3) is 5.91 Å². The Labute approximate surface area is 151 Å². The van der Waals surface area contributed by atoms with Crippen molar-refractivity contribution in [2.45, 2.75) is 24.8 Å². The maximum absolute atomic E-state index is 13.1. The predicted molar refractivity (Wildman–Crippen MR) is 96.4 cm³/mol. The van der Waals surface area contributed by atoms with Crippen molar-refractivity contribution in [2.24, 2.45) is 0 Å². The maximum atomic E-state index is 13.1. The SMILES string of the molecule is O=C(CN1C(=O)NC2(CCCc3ccccc32)C1=O)Nc1ccccc1. The van der Waals surface area contributed by atoms with Crippen LogP contribution in [-0.2, 0) is 21.5 Å². The molecule has 1 aliphatic heterocycles. The van der Waals surface area contributed by atoms with Crippen LogP contribution in [0.2, 0.25) is 0 Å². The summed E-state index contributed by atoms with van der Waals surface area (Å²) in [5, 5.41) is 5.56. The predicted octanol–water partition coefficient (Wildman–Crippen LogP) is 2.41. The highest BCUT2D eigenvalue weighted by Crippen LogP contribution is 2.39. The molecular formula is C20H19N3O3. The van der Waals surface area contributed by atoms with Gasteiger partial charge in [-0.25, -0.2) is 4.79 Å². The fourth-order valence-electron chi connectivity index (χ4n) is 3.82. The molecule has 2 aromatic rings. The maximum Gasteiger partial charge on any atom is 0.325 e. The first-order valence-corrected chi connectivity index (χ1v) is 8.67. The summed E-state index contributed by atoms with van der Waals surface area (Å²) >= 11 is 0. The van der Waals surface area contributed by atoms with Crippen molar-refractivity contribution in [1.29, 1.82) is 0 Å². The van der Waals surface area contributed by atoms with Crippen LogP contribution in [0.3, 0.4) is 0 Å². The average Bonchev–Trinajstić information content (AvgIpc) is 2.88. The van der Waals surface area contributed by atoms with Gasteiger partial charge in [-0.2, -0.15) is 0 Å². The number of anilines is 1. The number of para-hydroxylation sites is 1. The monoisotopic (exact) mass is 349 g/mol. The van der Waals surface area contributed by atoms with Crippen LogP contribution < -0.4 is 10.6 Å². The Balaban J connectivity index is 1.56. The van der Waals surface area contributed by atoms with Gasteiger partial charge in [0.15, 0.2) is 0 Å². The molecule has 4 rings (SSSR count). The molecule has 1 spiro atoms. The summed E-state index contributed by atoms with van der Waals surface area (Å²) in [5.41, 5.74) is 1.50. The van der Waals surface area contributed by atoms with Crippen LogP contribution in [0.25, 0.3) is 0 Å². The molecule has 1 unspecified atom stereocenters. The van der Waals surface area contributed by atoms with E-state index < -0.39 is 17.5 Å². The van der Waals surface area contributed by atoms with Gasteiger partial charge >= 0.3 is 6.03 Å². The number of carbonyl (C=O) groups is 3. The van der Waals surface area contributed by atoms with Crippen molar-refractivity contribution in [3.05, 3.63) is 65.7 Å². The molecule has 0 aromatic heterocycles. The third-order valence-electron chi connectivity index (χ3n) is 5.01. The standard InChI is InChI=1S/C20H19N3O3/c24-17(21-15-9-2-1-3-10-15)13-23-18(25)20(22-19(23)26)12-6-8-14-7-4-5-11-16(14)20/h1-5,7,9-11H,6,8,12-13H2,(H,21,24)(H,22,26). The minimum Gasteiger partial charge on any atom is -0.325 e. The van der Waals surface area contributed by atoms with Crippen molar-refractivity contribution in [1.82, 2.24) is 10.2 Å². The van der Waals surface area contributed by atoms with E-state index in [9.17, 15) is 14.4 Å². The van der Waals surface area contributed by atoms with Gasteiger partial charge in [-0.15, -0.1) is 0 Å². The van der Waals surface area contributed by atoms with Crippen LogP contribution in [0.15, 0.2) is 54.6 Å². The van der Waals surface area contributed by atoms with Gasteiger partial charge in [0, 0.05) is 5.69 Å². The number of hydrogen-bond donors (Lipinski definition) is 2. The fraction of sp³-hybridized carbons (Fsp3) is 0.250. The fourth-order valence-corrected chi connectivity index (χ4v) is 3.82. The average molecular weight is 349 g/mol. The van der Waals surface area contributed by atoms with Crippen LogP contribution in [0.5, 0.6) is 0 Å². The molecule has 1 aliphatic carbocycles. The van der Waals surface area contributed by atoms with Crippen LogP contribution in [0.4, 0.5) is 10.5 Å². The molecule has 0 radical (unpaired) electrons. The van der Waals surface area contributed by atoms with Gasteiger partial charge in [0.1, 0.15) is 12.1 Å². The van der Waals surface area contributed by atoms with Crippen LogP contribution >= 0.6 is 0 Å². The Hall–Kier alpha value is -3.15. The Bertz CT molecular complexity index is 881. The molecule has 2 aromatic carbocycles. The topological polar surface area (TPSA) is 78.5 Å². The third-order valence-corrected chi connectivity index (χ3v) is 5.01. The number of rotatable bonds is 3. The lowest BCUT2D eigenvalue weighted by molar-refractivity contribution is -0.134. The normalized spacial score (nSPS) is 21.5. The van der Waals surface area contributed by atoms with Crippen molar-refractivity contribution in [3.8, 4) is 0 Å². The summed E-state index contributed by atoms with van der Waals surface area (Å²) in [4.78, 5) is 38.9. The van der Waals surface area contributed by atoms with E-state index in [0.29, 0.717) is 12.1 Å². The molecule has 1 saturated heterocycles. The first-order chi connectivity index (χ1) is 12.6. The molecule has 2 N–H and O–H groups in total. The number of fused-ring (bicyclic) bond motifs is 2. The second kappa shape index (κ2) is 6.29. The van der Waals surface area contributed by atoms with E-state index >= 15 is 0 Å². The second-order valence-corrected chi connectivity index (χ2v) is 6.65. The van der Waals surface area contributed by atoms with E-state index in [2.05, 4.69) is 10.6 Å². The van der Waals surface area contributed by atoms with Gasteiger partial charge in [-0.1, -0.05) is 42.5 Å². The number of hydrogen-bond acceptors (Lipinski definition) is 3. The lowest BCUT2D eigenvalue weighted by Gasteiger charge is -2.33. The number of carbonyl (C=O) groups excluding carboxylic acids is 3. The molecule has 1 atom stereocenters. The lowest BCUT2D eigenvalue weighted by atomic mass is 9.76. The van der Waals surface area contributed by atoms with Crippen molar-refractivity contribution < 1.29 is 14.4 Å². The first-order valence-electron chi connectivity index (χ1n) is 8.67. The molecule has 6 heteroatoms. The Morgan fingerprint density at radius 3 is 2.62 bits per heavy atom. The number of amides is 4. The van der Waals surface area contributed by atoms with Crippen LogP contribution in [0, 0.1) is 0 Å². The van der Waals surface area contributed by atoms with E-state index in [1.807, 2.05) is 30.3 Å². The van der Waals surface area contributed by atoms with E-state index in [0.717, 1.165) is 28.9 Å². The molecular weight excluding hydrogens is 330 g/mol. The molecule has 1 heterocycles. The summed E-state index contributed by atoms with van der Waals surface area (Å²) in [6.07, 6.45) is 2.24. The Kier molecular flexibility index (Phi) is 3.95. The molecule has 26 heavy (non-hydrogen) atoms. The van der Waals surface area contributed by atoms with E-state index in [4.69, 9.17) is 0 Å². The molecule has 4 amide bonds. The lowest BCUT2D eigenvalue weighted by Crippen LogP contribution is -2.47. The molecule has 2 aliphatic rings. The van der Waals surface area contributed by atoms with E-state index in [-0.39, 0.29) is 12.5 Å². The number of benzene rings is 2. The highest BCUT2D eigenvalue weighted by atomic mass is 16.2. The van der Waals surface area contributed by atoms with Gasteiger partial charge in [0.2, 0.25) is 5.91 Å². The third kappa shape index (κ3) is 2.63. The van der Waals surface area contributed by atoms with E-state index in [1.54, 1.807) is 24.3 Å². The highest BCUT2D eigenvalue weighted by Gasteiger charge is 2.54. The zero-order valence-corrected chi connectivity index (χ0v) is 14.2. The molecule has 132 valence electrons. The zero-order chi connectivity index (χ0) is 18.1. The van der Waals surface area contributed by atoms with E-state index in [1.165, 1.54) is 0 Å². The molecule has 6 nitrogen and oxygen atoms in total. The van der Waals surface area contributed by atoms with Crippen molar-refractivity contribution in [2.75, 3.05) is 11.9 Å². The summed E-state index contributed by atoms with van der Waals surface area (Å²) in [6.45, 7) is -0.302. The zero-order valence-electron chi connectivity index (χ0n) is 14.2. The van der Waals surface area contributed by atoms with Crippen LogP contribution in [0.1, 0.15) is 24.0 Å². The summed E-state index contributed by atoms with van der Waals surface area (Å²) in [7, 11) is 0. The van der Waals surface area contributed by atoms with Gasteiger partial charge in [-0.3, -0.25) is 14.5 Å². The quantitative estimate of drug-likeness (QED) is 0.835. The number of imide groups is 1. The van der Waals surface area contributed by atoms with Crippen molar-refractivity contribution in [3.63, 3.8) is 0 Å². The minimum absolute atomic E-state index is 0.302. The van der Waals surface area contributed by atoms with Gasteiger partial charge < -0.3 is 10.6 Å². The smallest absolute Gasteiger partial charge is 0.325 e.